The minimum atomic E-state index is -1.62. The molecule has 0 aromatic carbocycles. The van der Waals surface area contributed by atoms with Gasteiger partial charge in [0.15, 0.2) is 5.96 Å². The summed E-state index contributed by atoms with van der Waals surface area (Å²) in [6.45, 7) is 2.61. The molecule has 1 rings (SSSR count). The normalized spacial score (nSPS) is 17.1. The van der Waals surface area contributed by atoms with Crippen LogP contribution in [0.15, 0.2) is 0 Å². The van der Waals surface area contributed by atoms with Gasteiger partial charge in [-0.25, -0.2) is 4.79 Å². The first-order chi connectivity index (χ1) is 30.6. The average Bonchev–Trinajstić information content (AvgIpc) is 3.75. The second kappa shape index (κ2) is 30.0. The molecule has 0 aliphatic carbocycles. The Morgan fingerprint density at radius 3 is 1.91 bits per heavy atom. The summed E-state index contributed by atoms with van der Waals surface area (Å²) in [4.78, 5) is 118. The number of carboxylic acid groups (broad SMARTS) is 1. The van der Waals surface area contributed by atoms with Gasteiger partial charge in [0, 0.05) is 18.8 Å². The molecule has 19 N–H and O–H groups in total. The summed E-state index contributed by atoms with van der Waals surface area (Å²) in [5.74, 6) is -9.01. The highest BCUT2D eigenvalue weighted by molar-refractivity contribution is 7.80. The molecule has 1 saturated heterocycles. The molecule has 0 saturated carbocycles. The number of aliphatic hydroxyl groups is 3. The SMILES string of the molecule is CC(C)C[C@H](NC(=O)[C@H](CCCNC(=N)N)NC(=O)[C@@H]1CCCN1C(=O)[C@H](CO)NC(=O)[C@@H](NC(=O)[C@@H](N)CS)[C@@H](C)O)C(=O)NCC(=O)N[C@@H](CO)C(=O)N[C@@H](CCCCN)C(=O)O. The van der Waals surface area contributed by atoms with Gasteiger partial charge in [0.2, 0.25) is 47.3 Å². The van der Waals surface area contributed by atoms with Crippen molar-refractivity contribution in [2.45, 2.75) is 127 Å². The van der Waals surface area contributed by atoms with Crippen LogP contribution in [0.4, 0.5) is 0 Å². The Balaban J connectivity index is 3.16. The molecule has 1 aliphatic heterocycles. The number of nitrogens with one attached hydrogen (secondary N) is 9. The summed E-state index contributed by atoms with van der Waals surface area (Å²) < 4.78 is 0. The molecule has 9 atom stereocenters. The van der Waals surface area contributed by atoms with Crippen molar-refractivity contribution in [2.24, 2.45) is 23.1 Å². The third-order valence-electron chi connectivity index (χ3n) is 10.0. The maximum atomic E-state index is 13.9. The second-order valence-electron chi connectivity index (χ2n) is 15.9. The molecule has 0 aromatic rings. The van der Waals surface area contributed by atoms with E-state index in [-0.39, 0.29) is 62.8 Å². The van der Waals surface area contributed by atoms with E-state index in [1.54, 1.807) is 13.8 Å². The Hall–Kier alpha value is -5.35. The van der Waals surface area contributed by atoms with Crippen molar-refractivity contribution in [3.63, 3.8) is 0 Å². The van der Waals surface area contributed by atoms with Gasteiger partial charge in [0.25, 0.3) is 0 Å². The van der Waals surface area contributed by atoms with Crippen molar-refractivity contribution in [3.8, 4) is 0 Å². The van der Waals surface area contributed by atoms with Crippen molar-refractivity contribution in [1.29, 1.82) is 5.41 Å². The largest absolute Gasteiger partial charge is 0.480 e. The van der Waals surface area contributed by atoms with Gasteiger partial charge in [-0.15, -0.1) is 0 Å². The predicted molar refractivity (Wildman–Crippen MR) is 236 cm³/mol. The van der Waals surface area contributed by atoms with Gasteiger partial charge in [-0.05, 0) is 70.8 Å². The first-order valence-corrected chi connectivity index (χ1v) is 21.9. The number of nitrogens with two attached hydrogens (primary N) is 3. The van der Waals surface area contributed by atoms with E-state index >= 15 is 0 Å². The molecule has 1 fully saturated rings. The molecule has 370 valence electrons. The van der Waals surface area contributed by atoms with Gasteiger partial charge in [0.1, 0.15) is 42.3 Å². The summed E-state index contributed by atoms with van der Waals surface area (Å²) in [7, 11) is 0. The van der Waals surface area contributed by atoms with Crippen LogP contribution in [0.1, 0.15) is 72.1 Å². The van der Waals surface area contributed by atoms with Crippen LogP contribution in [0.3, 0.4) is 0 Å². The van der Waals surface area contributed by atoms with Crippen LogP contribution in [-0.2, 0) is 43.2 Å². The first-order valence-electron chi connectivity index (χ1n) is 21.3. The van der Waals surface area contributed by atoms with E-state index in [1.807, 2.05) is 0 Å². The number of likely N-dealkylation sites (tertiary alicyclic amines) is 1. The molecular formula is C38H69N13O13S. The lowest BCUT2D eigenvalue weighted by Crippen LogP contribution is -2.61. The molecule has 65 heavy (non-hydrogen) atoms. The number of carboxylic acids is 1. The molecular weight excluding hydrogens is 879 g/mol. The minimum absolute atomic E-state index is 0.0159. The number of rotatable bonds is 30. The number of hydrogen-bond donors (Lipinski definition) is 17. The fourth-order valence-electron chi connectivity index (χ4n) is 6.49. The minimum Gasteiger partial charge on any atom is -0.480 e. The van der Waals surface area contributed by atoms with Gasteiger partial charge in [0.05, 0.1) is 31.9 Å². The Kier molecular flexibility index (Phi) is 26.6. The lowest BCUT2D eigenvalue weighted by atomic mass is 10.0. The Morgan fingerprint density at radius 1 is 0.754 bits per heavy atom. The van der Waals surface area contributed by atoms with Crippen LogP contribution in [0, 0.1) is 11.3 Å². The molecule has 0 unspecified atom stereocenters. The highest BCUT2D eigenvalue weighted by Gasteiger charge is 2.40. The monoisotopic (exact) mass is 947 g/mol. The average molecular weight is 948 g/mol. The first kappa shape index (κ1) is 57.7. The molecule has 0 radical (unpaired) electrons. The molecule has 0 spiro atoms. The predicted octanol–water partition coefficient (Wildman–Crippen LogP) is -6.85. The van der Waals surface area contributed by atoms with Crippen LogP contribution in [0.25, 0.3) is 0 Å². The van der Waals surface area contributed by atoms with Crippen molar-refractivity contribution in [1.82, 2.24) is 47.4 Å². The lowest BCUT2D eigenvalue weighted by molar-refractivity contribution is -0.143. The molecule has 1 aliphatic rings. The zero-order chi connectivity index (χ0) is 49.4. The van der Waals surface area contributed by atoms with E-state index in [9.17, 15) is 63.6 Å². The zero-order valence-corrected chi connectivity index (χ0v) is 37.9. The summed E-state index contributed by atoms with van der Waals surface area (Å²) >= 11 is 3.94. The number of amides is 8. The van der Waals surface area contributed by atoms with Gasteiger partial charge in [-0.2, -0.15) is 12.6 Å². The summed E-state index contributed by atoms with van der Waals surface area (Å²) in [6.07, 6.45) is 0.107. The number of aliphatic carboxylic acids is 1. The van der Waals surface area contributed by atoms with Crippen molar-refractivity contribution < 1.29 is 63.6 Å². The topological polar surface area (TPSA) is 436 Å². The third-order valence-corrected chi connectivity index (χ3v) is 10.4. The highest BCUT2D eigenvalue weighted by Crippen LogP contribution is 2.20. The zero-order valence-electron chi connectivity index (χ0n) is 37.0. The Morgan fingerprint density at radius 2 is 1.35 bits per heavy atom. The summed E-state index contributed by atoms with van der Waals surface area (Å²) in [6, 6.07) is -11.0. The Bertz CT molecular complexity index is 1640. The van der Waals surface area contributed by atoms with E-state index in [0.29, 0.717) is 25.8 Å². The number of carbonyl (C=O) groups excluding carboxylic acids is 8. The summed E-state index contributed by atoms with van der Waals surface area (Å²) in [5, 5.41) is 66.1. The Labute approximate surface area is 382 Å². The van der Waals surface area contributed by atoms with Gasteiger partial charge >= 0.3 is 5.97 Å². The fourth-order valence-corrected chi connectivity index (χ4v) is 6.66. The fraction of sp³-hybridized carbons (Fsp3) is 0.737. The van der Waals surface area contributed by atoms with Crippen LogP contribution >= 0.6 is 12.6 Å². The van der Waals surface area contributed by atoms with Gasteiger partial charge in [-0.1, -0.05) is 13.8 Å². The van der Waals surface area contributed by atoms with Crippen LogP contribution in [0.5, 0.6) is 0 Å². The number of thiol groups is 1. The number of hydrogen-bond acceptors (Lipinski definition) is 16. The lowest BCUT2D eigenvalue weighted by Gasteiger charge is -2.30. The number of carbonyl (C=O) groups is 9. The van der Waals surface area contributed by atoms with E-state index < -0.39 is 127 Å². The van der Waals surface area contributed by atoms with E-state index in [4.69, 9.17) is 22.6 Å². The van der Waals surface area contributed by atoms with Gasteiger partial charge in [-0.3, -0.25) is 43.8 Å². The smallest absolute Gasteiger partial charge is 0.326 e. The quantitative estimate of drug-likeness (QED) is 0.0138. The maximum absolute atomic E-state index is 13.9. The van der Waals surface area contributed by atoms with Crippen molar-refractivity contribution >= 4 is 71.8 Å². The summed E-state index contributed by atoms with van der Waals surface area (Å²) in [5.41, 5.74) is 16.5. The van der Waals surface area contributed by atoms with Crippen LogP contribution in [-0.4, -0.2) is 184 Å². The van der Waals surface area contributed by atoms with Crippen LogP contribution in [0.2, 0.25) is 0 Å². The van der Waals surface area contributed by atoms with E-state index in [2.05, 4.69) is 55.2 Å². The van der Waals surface area contributed by atoms with Gasteiger partial charge < -0.3 is 85.1 Å². The molecule has 0 aromatic heterocycles. The number of nitrogens with zero attached hydrogens (tertiary/aromatic N) is 1. The molecule has 26 nitrogen and oxygen atoms in total. The molecule has 27 heteroatoms. The highest BCUT2D eigenvalue weighted by atomic mass is 32.1. The van der Waals surface area contributed by atoms with E-state index in [1.165, 1.54) is 6.92 Å². The van der Waals surface area contributed by atoms with E-state index in [0.717, 1.165) is 4.90 Å². The van der Waals surface area contributed by atoms with Crippen LogP contribution < -0.4 is 59.7 Å². The van der Waals surface area contributed by atoms with Crippen molar-refractivity contribution in [2.75, 3.05) is 45.1 Å². The molecule has 8 amide bonds. The number of aliphatic hydroxyl groups excluding tert-OH is 3. The second-order valence-corrected chi connectivity index (χ2v) is 16.3. The number of unbranched alkanes of at least 4 members (excludes halogenated alkanes) is 1. The molecule has 0 bridgehead atoms. The maximum Gasteiger partial charge on any atom is 0.326 e. The third kappa shape index (κ3) is 20.6. The number of guanidine groups is 1. The standard InChI is InChI=1S/C38H69N13O13S/c1-19(2)14-24(31(57)44-15-28(55)45-25(16-52)33(59)47-23(37(63)64)8-4-5-11-39)48-32(58)22(9-6-12-43-38(41)42)46-34(60)27-10-7-13-51(27)36(62)26(17-53)49-35(61)29(20(3)54)50-30(56)21(40)18-65/h19-27,29,52-54,65H,4-18,39-40H2,1-3H3,(H,44,57)(H,45,55)(H,46,60)(H,47,59)(H,48,58)(H,49,61)(H,50,56)(H,63,64)(H4,41,42,43)/t20-,21+,22+,23+,24+,25+,26+,27+,29+/m1/s1. The molecule has 1 heterocycles. The van der Waals surface area contributed by atoms with Crippen molar-refractivity contribution in [3.05, 3.63) is 0 Å².